The maximum atomic E-state index is 11.2. The quantitative estimate of drug-likeness (QED) is 0.484. The van der Waals surface area contributed by atoms with Gasteiger partial charge in [-0.15, -0.1) is 0 Å². The van der Waals surface area contributed by atoms with Gasteiger partial charge in [-0.1, -0.05) is 25.4 Å². The third-order valence-electron chi connectivity index (χ3n) is 3.53. The molecule has 0 aromatic carbocycles. The molecule has 1 aliphatic heterocycles. The van der Waals surface area contributed by atoms with Gasteiger partial charge in [0, 0.05) is 18.8 Å². The van der Waals surface area contributed by atoms with E-state index in [0.717, 1.165) is 25.2 Å². The molecule has 5 nitrogen and oxygen atoms in total. The van der Waals surface area contributed by atoms with Crippen LogP contribution in [0.25, 0.3) is 0 Å². The van der Waals surface area contributed by atoms with Gasteiger partial charge in [-0.2, -0.15) is 0 Å². The monoisotopic (exact) mass is 283 g/mol. The molecule has 19 heavy (non-hydrogen) atoms. The van der Waals surface area contributed by atoms with Crippen molar-refractivity contribution >= 4 is 23.0 Å². The number of hydrogen-bond acceptors (Lipinski definition) is 4. The summed E-state index contributed by atoms with van der Waals surface area (Å²) in [5, 5.41) is 11.2. The molecule has 0 N–H and O–H groups in total. The van der Waals surface area contributed by atoms with Crippen LogP contribution in [0, 0.1) is 16.0 Å². The molecular weight excluding hydrogens is 266 g/mol. The van der Waals surface area contributed by atoms with Crippen molar-refractivity contribution in [3.8, 4) is 0 Å². The number of anilines is 1. The fourth-order valence-electron chi connectivity index (χ4n) is 2.54. The van der Waals surface area contributed by atoms with E-state index in [2.05, 4.69) is 16.8 Å². The lowest BCUT2D eigenvalue weighted by molar-refractivity contribution is -0.384. The van der Waals surface area contributed by atoms with Gasteiger partial charge >= 0.3 is 5.69 Å². The number of aryl methyl sites for hydroxylation is 1. The Bertz CT molecular complexity index is 493. The molecule has 2 heterocycles. The number of nitrogens with zero attached hydrogens (tertiary/aromatic N) is 3. The van der Waals surface area contributed by atoms with Crippen molar-refractivity contribution in [3.63, 3.8) is 0 Å². The third-order valence-corrected chi connectivity index (χ3v) is 3.79. The molecule has 1 atom stereocenters. The molecule has 1 aromatic rings. The van der Waals surface area contributed by atoms with E-state index in [1.54, 1.807) is 0 Å². The molecule has 6 heteroatoms. The summed E-state index contributed by atoms with van der Waals surface area (Å²) in [4.78, 5) is 16.9. The molecule has 1 fully saturated rings. The largest absolute Gasteiger partial charge is 0.366 e. The van der Waals surface area contributed by atoms with Gasteiger partial charge in [-0.25, -0.2) is 4.98 Å². The van der Waals surface area contributed by atoms with Crippen LogP contribution in [0.2, 0.25) is 5.15 Å². The van der Waals surface area contributed by atoms with Gasteiger partial charge in [-0.3, -0.25) is 10.1 Å². The summed E-state index contributed by atoms with van der Waals surface area (Å²) in [5.41, 5.74) is 1.35. The molecular formula is C13H18ClN3O2. The first-order valence-electron chi connectivity index (χ1n) is 6.61. The van der Waals surface area contributed by atoms with Gasteiger partial charge in [0.05, 0.1) is 4.92 Å². The number of piperidine rings is 1. The summed E-state index contributed by atoms with van der Waals surface area (Å²) in [6.45, 7) is 5.81. The second-order valence-corrected chi connectivity index (χ2v) is 5.43. The zero-order chi connectivity index (χ0) is 14.0. The average Bonchev–Trinajstić information content (AvgIpc) is 2.37. The second kappa shape index (κ2) is 5.74. The van der Waals surface area contributed by atoms with E-state index < -0.39 is 4.92 Å². The Labute approximate surface area is 117 Å². The van der Waals surface area contributed by atoms with Gasteiger partial charge in [0.1, 0.15) is 5.69 Å². The van der Waals surface area contributed by atoms with Crippen molar-refractivity contribution in [2.45, 2.75) is 33.1 Å². The lowest BCUT2D eigenvalue weighted by atomic mass is 9.99. The van der Waals surface area contributed by atoms with Crippen molar-refractivity contribution in [2.24, 2.45) is 5.92 Å². The molecule has 1 aromatic heterocycles. The maximum Gasteiger partial charge on any atom is 0.329 e. The summed E-state index contributed by atoms with van der Waals surface area (Å²) in [7, 11) is 0. The van der Waals surface area contributed by atoms with Gasteiger partial charge < -0.3 is 4.90 Å². The van der Waals surface area contributed by atoms with E-state index in [1.807, 2.05) is 13.0 Å². The number of pyridine rings is 1. The first kappa shape index (κ1) is 14.1. The zero-order valence-corrected chi connectivity index (χ0v) is 12.0. The molecule has 0 radical (unpaired) electrons. The minimum absolute atomic E-state index is 0.00224. The highest BCUT2D eigenvalue weighted by Crippen LogP contribution is 2.36. The van der Waals surface area contributed by atoms with Crippen molar-refractivity contribution in [2.75, 3.05) is 18.0 Å². The van der Waals surface area contributed by atoms with Crippen molar-refractivity contribution in [1.29, 1.82) is 0 Å². The van der Waals surface area contributed by atoms with E-state index in [0.29, 0.717) is 18.0 Å². The Balaban J connectivity index is 2.46. The van der Waals surface area contributed by atoms with Crippen LogP contribution in [-0.2, 0) is 6.42 Å². The first-order valence-corrected chi connectivity index (χ1v) is 6.99. The highest BCUT2D eigenvalue weighted by atomic mass is 35.5. The number of nitro groups is 1. The van der Waals surface area contributed by atoms with Crippen molar-refractivity contribution < 1.29 is 4.92 Å². The Morgan fingerprint density at radius 1 is 1.63 bits per heavy atom. The lowest BCUT2D eigenvalue weighted by Crippen LogP contribution is -2.34. The summed E-state index contributed by atoms with van der Waals surface area (Å²) in [5.74, 6) is 0.547. The molecule has 0 bridgehead atoms. The fraction of sp³-hybridized carbons (Fsp3) is 0.615. The van der Waals surface area contributed by atoms with Crippen LogP contribution in [-0.4, -0.2) is 23.0 Å². The lowest BCUT2D eigenvalue weighted by Gasteiger charge is -2.32. The molecule has 0 aliphatic carbocycles. The molecule has 104 valence electrons. The predicted octanol–water partition coefficient (Wildman–Crippen LogP) is 3.44. The van der Waals surface area contributed by atoms with Gasteiger partial charge in [0.15, 0.2) is 0 Å². The van der Waals surface area contributed by atoms with Crippen LogP contribution in [0.4, 0.5) is 11.4 Å². The van der Waals surface area contributed by atoms with Crippen LogP contribution in [0.3, 0.4) is 0 Å². The molecule has 0 amide bonds. The highest BCUT2D eigenvalue weighted by Gasteiger charge is 2.27. The van der Waals surface area contributed by atoms with Gasteiger partial charge in [-0.05, 0) is 31.2 Å². The van der Waals surface area contributed by atoms with Gasteiger partial charge in [0.2, 0.25) is 5.15 Å². The topological polar surface area (TPSA) is 59.3 Å². The number of rotatable bonds is 3. The SMILES string of the molecule is CCc1cc(N2CCC[C@@H](C)C2)c([N+](=O)[O-])c(Cl)n1. The normalized spacial score (nSPS) is 19.5. The van der Waals surface area contributed by atoms with E-state index in [-0.39, 0.29) is 10.8 Å². The standard InChI is InChI=1S/C13H18ClN3O2/c1-3-10-7-11(12(17(18)19)13(14)15-10)16-6-4-5-9(2)8-16/h7,9H,3-6,8H2,1-2H3/t9-/m1/s1. The van der Waals surface area contributed by atoms with Crippen molar-refractivity contribution in [1.82, 2.24) is 4.98 Å². The molecule has 0 spiro atoms. The average molecular weight is 284 g/mol. The highest BCUT2D eigenvalue weighted by molar-refractivity contribution is 6.32. The Kier molecular flexibility index (Phi) is 4.24. The third kappa shape index (κ3) is 2.97. The molecule has 2 rings (SSSR count). The van der Waals surface area contributed by atoms with E-state index in [1.165, 1.54) is 6.42 Å². The van der Waals surface area contributed by atoms with E-state index in [4.69, 9.17) is 11.6 Å². The first-order chi connectivity index (χ1) is 9.02. The van der Waals surface area contributed by atoms with Gasteiger partial charge in [0.25, 0.3) is 0 Å². The Morgan fingerprint density at radius 2 is 2.37 bits per heavy atom. The van der Waals surface area contributed by atoms with E-state index in [9.17, 15) is 10.1 Å². The Hall–Kier alpha value is -1.36. The summed E-state index contributed by atoms with van der Waals surface area (Å²) < 4.78 is 0. The number of hydrogen-bond donors (Lipinski definition) is 0. The summed E-state index contributed by atoms with van der Waals surface area (Å²) >= 11 is 5.98. The number of halogens is 1. The zero-order valence-electron chi connectivity index (χ0n) is 11.2. The van der Waals surface area contributed by atoms with Crippen LogP contribution >= 0.6 is 11.6 Å². The summed E-state index contributed by atoms with van der Waals surface area (Å²) in [6.07, 6.45) is 2.94. The molecule has 0 saturated carbocycles. The Morgan fingerprint density at radius 3 is 2.95 bits per heavy atom. The predicted molar refractivity (Wildman–Crippen MR) is 75.9 cm³/mol. The minimum Gasteiger partial charge on any atom is -0.366 e. The van der Waals surface area contributed by atoms with Crippen LogP contribution in [0.5, 0.6) is 0 Å². The minimum atomic E-state index is -0.427. The molecule has 0 unspecified atom stereocenters. The fourth-order valence-corrected chi connectivity index (χ4v) is 2.82. The van der Waals surface area contributed by atoms with Crippen molar-refractivity contribution in [3.05, 3.63) is 27.0 Å². The van der Waals surface area contributed by atoms with E-state index >= 15 is 0 Å². The second-order valence-electron chi connectivity index (χ2n) is 5.08. The maximum absolute atomic E-state index is 11.2. The van der Waals surface area contributed by atoms with Crippen LogP contribution in [0.15, 0.2) is 6.07 Å². The number of aromatic nitrogens is 1. The van der Waals surface area contributed by atoms with Crippen LogP contribution < -0.4 is 4.90 Å². The summed E-state index contributed by atoms with van der Waals surface area (Å²) in [6, 6.07) is 1.81. The molecule has 1 saturated heterocycles. The van der Waals surface area contributed by atoms with Crippen LogP contribution in [0.1, 0.15) is 32.4 Å². The molecule has 1 aliphatic rings. The smallest absolute Gasteiger partial charge is 0.329 e.